The second kappa shape index (κ2) is 15.9. The van der Waals surface area contributed by atoms with Gasteiger partial charge in [-0.1, -0.05) is 48.5 Å². The predicted molar refractivity (Wildman–Crippen MR) is 193 cm³/mol. The first kappa shape index (κ1) is 37.1. The van der Waals surface area contributed by atoms with E-state index in [1.54, 1.807) is 27.9 Å². The smallest absolute Gasteiger partial charge is 0.337 e. The summed E-state index contributed by atoms with van der Waals surface area (Å²) in [5.74, 6) is -2.17. The average Bonchev–Trinajstić information content (AvgIpc) is 3.63. The van der Waals surface area contributed by atoms with E-state index < -0.39 is 23.4 Å². The topological polar surface area (TPSA) is 73.0 Å². The molecule has 1 amide bonds. The molecule has 0 N–H and O–H groups in total. The highest BCUT2D eigenvalue weighted by Gasteiger charge is 2.30. The van der Waals surface area contributed by atoms with Gasteiger partial charge in [0, 0.05) is 43.3 Å². The fraction of sp³-hybridized carbons (Fsp3) is 0.268. The van der Waals surface area contributed by atoms with Crippen LogP contribution in [0.15, 0.2) is 108 Å². The third-order valence-corrected chi connectivity index (χ3v) is 9.27. The SMILES string of the molecule is CC(C)n1cnc(CCCN(Cc2ccc(-c3ccc(C(F)(F)F)cc3)cc2)C(=O)Cn2c(CCc3cccc(F)c3F)cc(=O)c3cccnc32)c1. The summed E-state index contributed by atoms with van der Waals surface area (Å²) in [7, 11) is 0. The van der Waals surface area contributed by atoms with Gasteiger partial charge in [0.1, 0.15) is 12.2 Å². The molecular formula is C41H38F5N5O2. The number of fused-ring (bicyclic) bond motifs is 1. The number of imidazole rings is 1. The Hall–Kier alpha value is -5.65. The lowest BCUT2D eigenvalue weighted by molar-refractivity contribution is -0.137. The van der Waals surface area contributed by atoms with Gasteiger partial charge in [-0.2, -0.15) is 13.2 Å². The quantitative estimate of drug-likeness (QED) is 0.112. The van der Waals surface area contributed by atoms with Crippen molar-refractivity contribution in [1.82, 2.24) is 24.0 Å². The third kappa shape index (κ3) is 8.88. The highest BCUT2D eigenvalue weighted by molar-refractivity contribution is 5.80. The second-order valence-electron chi connectivity index (χ2n) is 13.3. The van der Waals surface area contributed by atoms with Crippen LogP contribution in [0.25, 0.3) is 22.2 Å². The number of halogens is 5. The molecule has 0 fully saturated rings. The monoisotopic (exact) mass is 727 g/mol. The normalized spacial score (nSPS) is 11.8. The third-order valence-electron chi connectivity index (χ3n) is 9.27. The van der Waals surface area contributed by atoms with Crippen molar-refractivity contribution >= 4 is 16.9 Å². The van der Waals surface area contributed by atoms with Crippen LogP contribution in [-0.4, -0.2) is 36.5 Å². The Morgan fingerprint density at radius 2 is 1.58 bits per heavy atom. The molecule has 7 nitrogen and oxygen atoms in total. The molecule has 6 rings (SSSR count). The number of nitrogens with zero attached hydrogens (tertiary/aromatic N) is 5. The minimum absolute atomic E-state index is 0.0909. The first-order valence-corrected chi connectivity index (χ1v) is 17.3. The molecule has 0 aliphatic rings. The molecule has 3 aromatic carbocycles. The van der Waals surface area contributed by atoms with E-state index in [1.165, 1.54) is 36.5 Å². The maximum Gasteiger partial charge on any atom is 0.416 e. The zero-order valence-corrected chi connectivity index (χ0v) is 29.3. The molecule has 12 heteroatoms. The van der Waals surface area contributed by atoms with E-state index in [2.05, 4.69) is 23.8 Å². The van der Waals surface area contributed by atoms with Gasteiger partial charge in [-0.15, -0.1) is 0 Å². The summed E-state index contributed by atoms with van der Waals surface area (Å²) < 4.78 is 71.5. The molecule has 3 aromatic heterocycles. The number of benzene rings is 3. The van der Waals surface area contributed by atoms with Crippen molar-refractivity contribution in [2.75, 3.05) is 6.54 Å². The molecule has 0 saturated carbocycles. The molecule has 0 spiro atoms. The lowest BCUT2D eigenvalue weighted by Crippen LogP contribution is -2.35. The van der Waals surface area contributed by atoms with E-state index in [1.807, 2.05) is 35.0 Å². The number of aryl methyl sites for hydroxylation is 3. The molecule has 0 saturated heterocycles. The van der Waals surface area contributed by atoms with E-state index in [4.69, 9.17) is 0 Å². The first-order chi connectivity index (χ1) is 25.4. The van der Waals surface area contributed by atoms with Crippen molar-refractivity contribution in [1.29, 1.82) is 0 Å². The lowest BCUT2D eigenvalue weighted by atomic mass is 10.0. The molecule has 274 valence electrons. The van der Waals surface area contributed by atoms with Gasteiger partial charge in [-0.25, -0.2) is 18.7 Å². The minimum Gasteiger partial charge on any atom is -0.337 e. The zero-order chi connectivity index (χ0) is 37.7. The average molecular weight is 728 g/mol. The zero-order valence-electron chi connectivity index (χ0n) is 29.3. The van der Waals surface area contributed by atoms with Crippen LogP contribution in [0.3, 0.4) is 0 Å². The van der Waals surface area contributed by atoms with Gasteiger partial charge in [-0.3, -0.25) is 9.59 Å². The summed E-state index contributed by atoms with van der Waals surface area (Å²) in [4.78, 5) is 38.1. The predicted octanol–water partition coefficient (Wildman–Crippen LogP) is 8.58. The maximum absolute atomic E-state index is 14.6. The number of pyridine rings is 2. The van der Waals surface area contributed by atoms with Crippen molar-refractivity contribution in [3.8, 4) is 11.1 Å². The van der Waals surface area contributed by atoms with E-state index >= 15 is 0 Å². The number of alkyl halides is 3. The fourth-order valence-electron chi connectivity index (χ4n) is 6.28. The van der Waals surface area contributed by atoms with Crippen LogP contribution in [0.5, 0.6) is 0 Å². The van der Waals surface area contributed by atoms with E-state index in [0.717, 1.165) is 35.0 Å². The van der Waals surface area contributed by atoms with Crippen LogP contribution >= 0.6 is 0 Å². The van der Waals surface area contributed by atoms with Crippen LogP contribution in [0.1, 0.15) is 54.4 Å². The van der Waals surface area contributed by atoms with E-state index in [-0.39, 0.29) is 48.9 Å². The van der Waals surface area contributed by atoms with Gasteiger partial charge in [0.2, 0.25) is 5.91 Å². The van der Waals surface area contributed by atoms with Gasteiger partial charge in [0.05, 0.1) is 23.0 Å². The Balaban J connectivity index is 1.27. The standard InChI is InChI=1S/C41H38F5N5O2/c1-27(2)50-24-33(48-26-50)7-5-21-49(23-28-10-12-29(13-11-28)30-14-17-32(18-15-30)41(44,45)46)38(53)25-51-34(19-16-31-6-3-9-36(42)39(31)43)22-37(52)35-8-4-20-47-40(35)51/h3-4,6,8-15,17-18,20,22,24,26-27H,5,7,16,19,21,23,25H2,1-2H3. The first-order valence-electron chi connectivity index (χ1n) is 17.3. The van der Waals surface area contributed by atoms with Crippen LogP contribution in [0.2, 0.25) is 0 Å². The van der Waals surface area contributed by atoms with Gasteiger partial charge in [0.15, 0.2) is 17.1 Å². The summed E-state index contributed by atoms with van der Waals surface area (Å²) >= 11 is 0. The molecule has 53 heavy (non-hydrogen) atoms. The number of carbonyl (C=O) groups excluding carboxylic acids is 1. The highest BCUT2D eigenvalue weighted by Crippen LogP contribution is 2.31. The number of rotatable bonds is 13. The largest absolute Gasteiger partial charge is 0.416 e. The molecule has 0 aliphatic carbocycles. The molecule has 0 bridgehead atoms. The minimum atomic E-state index is -4.43. The Bertz CT molecular complexity index is 2260. The Labute approximate surface area is 303 Å². The summed E-state index contributed by atoms with van der Waals surface area (Å²) in [5.41, 5.74) is 2.96. The molecular weight excluding hydrogens is 689 g/mol. The van der Waals surface area contributed by atoms with E-state index in [9.17, 15) is 31.5 Å². The summed E-state index contributed by atoms with van der Waals surface area (Å²) in [6.45, 7) is 4.58. The van der Waals surface area contributed by atoms with Gasteiger partial charge < -0.3 is 14.0 Å². The maximum atomic E-state index is 14.6. The number of amides is 1. The van der Waals surface area contributed by atoms with Crippen molar-refractivity contribution < 1.29 is 26.7 Å². The van der Waals surface area contributed by atoms with Crippen LogP contribution in [0, 0.1) is 11.6 Å². The van der Waals surface area contributed by atoms with Crippen LogP contribution in [-0.2, 0) is 43.3 Å². The molecule has 6 aromatic rings. The number of aromatic nitrogens is 4. The molecule has 0 atom stereocenters. The van der Waals surface area contributed by atoms with Crippen molar-refractivity contribution in [3.63, 3.8) is 0 Å². The van der Waals surface area contributed by atoms with Crippen molar-refractivity contribution in [3.05, 3.63) is 154 Å². The molecule has 0 radical (unpaired) electrons. The highest BCUT2D eigenvalue weighted by atomic mass is 19.4. The summed E-state index contributed by atoms with van der Waals surface area (Å²) in [5, 5.41) is 0.326. The lowest BCUT2D eigenvalue weighted by Gasteiger charge is -2.25. The van der Waals surface area contributed by atoms with Crippen LogP contribution < -0.4 is 5.43 Å². The van der Waals surface area contributed by atoms with Crippen molar-refractivity contribution in [2.24, 2.45) is 0 Å². The number of hydrogen-bond donors (Lipinski definition) is 0. The molecule has 3 heterocycles. The number of carbonyl (C=O) groups is 1. The molecule has 0 aliphatic heterocycles. The molecule has 0 unspecified atom stereocenters. The summed E-state index contributed by atoms with van der Waals surface area (Å²) in [6, 6.07) is 21.1. The Morgan fingerprint density at radius 1 is 0.868 bits per heavy atom. The van der Waals surface area contributed by atoms with Crippen molar-refractivity contribution in [2.45, 2.75) is 64.8 Å². The van der Waals surface area contributed by atoms with Crippen LogP contribution in [0.4, 0.5) is 22.0 Å². The number of hydrogen-bond acceptors (Lipinski definition) is 4. The van der Waals surface area contributed by atoms with Gasteiger partial charge >= 0.3 is 6.18 Å². The second-order valence-corrected chi connectivity index (χ2v) is 13.3. The van der Waals surface area contributed by atoms with Gasteiger partial charge in [0.25, 0.3) is 0 Å². The van der Waals surface area contributed by atoms with E-state index in [0.29, 0.717) is 41.7 Å². The fourth-order valence-corrected chi connectivity index (χ4v) is 6.28. The Kier molecular flexibility index (Phi) is 11.2. The Morgan fingerprint density at radius 3 is 2.26 bits per heavy atom. The van der Waals surface area contributed by atoms with Gasteiger partial charge in [-0.05, 0) is 92.1 Å². The summed E-state index contributed by atoms with van der Waals surface area (Å²) in [6.07, 6.45) is 2.36.